The van der Waals surface area contributed by atoms with Gasteiger partial charge in [0.05, 0.1) is 0 Å². The van der Waals surface area contributed by atoms with Gasteiger partial charge in [-0.1, -0.05) is 73.7 Å². The molecule has 0 radical (unpaired) electrons. The predicted molar refractivity (Wildman–Crippen MR) is 107 cm³/mol. The normalized spacial score (nSPS) is 11.5. The number of rotatable bonds is 6. The predicted octanol–water partition coefficient (Wildman–Crippen LogP) is 5.95. The van der Waals surface area contributed by atoms with Crippen LogP contribution in [0.15, 0.2) is 72.8 Å². The van der Waals surface area contributed by atoms with E-state index in [-0.39, 0.29) is 5.78 Å². The Kier molecular flexibility index (Phi) is 5.30. The molecule has 0 unspecified atom stereocenters. The van der Waals surface area contributed by atoms with E-state index in [4.69, 9.17) is 0 Å². The SMILES string of the molecule is C/C=C(\C(=O)c1cccc2ccccc12)c1ccccc1NCCC. The Morgan fingerprint density at radius 3 is 2.40 bits per heavy atom. The molecule has 2 heteroatoms. The number of benzene rings is 3. The van der Waals surface area contributed by atoms with E-state index < -0.39 is 0 Å². The van der Waals surface area contributed by atoms with E-state index in [2.05, 4.69) is 12.2 Å². The molecule has 25 heavy (non-hydrogen) atoms. The lowest BCUT2D eigenvalue weighted by atomic mass is 9.92. The monoisotopic (exact) mass is 329 g/mol. The molecule has 0 bridgehead atoms. The number of fused-ring (bicyclic) bond motifs is 1. The Balaban J connectivity index is 2.06. The van der Waals surface area contributed by atoms with Crippen LogP contribution in [0.3, 0.4) is 0 Å². The summed E-state index contributed by atoms with van der Waals surface area (Å²) in [6, 6.07) is 21.9. The van der Waals surface area contributed by atoms with Crippen molar-refractivity contribution in [2.75, 3.05) is 11.9 Å². The first-order valence-corrected chi connectivity index (χ1v) is 8.78. The third kappa shape index (κ3) is 3.48. The molecule has 1 N–H and O–H groups in total. The Morgan fingerprint density at radius 2 is 1.60 bits per heavy atom. The molecule has 126 valence electrons. The number of ketones is 1. The van der Waals surface area contributed by atoms with Gasteiger partial charge in [0.2, 0.25) is 0 Å². The van der Waals surface area contributed by atoms with Crippen molar-refractivity contribution in [3.8, 4) is 0 Å². The van der Waals surface area contributed by atoms with Crippen molar-refractivity contribution in [1.29, 1.82) is 0 Å². The minimum Gasteiger partial charge on any atom is -0.385 e. The number of Topliss-reactive ketones (excluding diaryl/α,β-unsaturated/α-hetero) is 1. The lowest BCUT2D eigenvalue weighted by molar-refractivity contribution is 0.105. The molecule has 0 atom stereocenters. The number of nitrogens with one attached hydrogen (secondary N) is 1. The molecule has 0 aromatic heterocycles. The van der Waals surface area contributed by atoms with E-state index in [0.717, 1.165) is 46.1 Å². The van der Waals surface area contributed by atoms with Crippen LogP contribution in [-0.4, -0.2) is 12.3 Å². The molecule has 3 rings (SSSR count). The summed E-state index contributed by atoms with van der Waals surface area (Å²) in [5.41, 5.74) is 3.44. The molecule has 0 aliphatic carbocycles. The fraction of sp³-hybridized carbons (Fsp3) is 0.174. The lowest BCUT2D eigenvalue weighted by Gasteiger charge is -2.14. The Morgan fingerprint density at radius 1 is 0.920 bits per heavy atom. The molecule has 0 aliphatic heterocycles. The molecular formula is C23H23NO. The van der Waals surface area contributed by atoms with Crippen LogP contribution < -0.4 is 5.32 Å². The highest BCUT2D eigenvalue weighted by Crippen LogP contribution is 2.29. The minimum atomic E-state index is 0.0602. The van der Waals surface area contributed by atoms with Crippen LogP contribution in [0.1, 0.15) is 36.2 Å². The summed E-state index contributed by atoms with van der Waals surface area (Å²) < 4.78 is 0. The molecule has 0 amide bonds. The van der Waals surface area contributed by atoms with Gasteiger partial charge < -0.3 is 5.32 Å². The van der Waals surface area contributed by atoms with Crippen molar-refractivity contribution >= 4 is 27.8 Å². The van der Waals surface area contributed by atoms with Gasteiger partial charge in [0.1, 0.15) is 0 Å². The van der Waals surface area contributed by atoms with Gasteiger partial charge in [-0.2, -0.15) is 0 Å². The lowest BCUT2D eigenvalue weighted by Crippen LogP contribution is -2.08. The van der Waals surface area contributed by atoms with Gasteiger partial charge in [-0.05, 0) is 30.2 Å². The molecule has 0 saturated carbocycles. The van der Waals surface area contributed by atoms with Crippen LogP contribution in [0.25, 0.3) is 16.3 Å². The van der Waals surface area contributed by atoms with Gasteiger partial charge in [-0.3, -0.25) is 4.79 Å². The number of carbonyl (C=O) groups is 1. The summed E-state index contributed by atoms with van der Waals surface area (Å²) in [6.45, 7) is 4.94. The van der Waals surface area contributed by atoms with Crippen molar-refractivity contribution in [3.63, 3.8) is 0 Å². The van der Waals surface area contributed by atoms with E-state index in [0.29, 0.717) is 0 Å². The number of anilines is 1. The first-order valence-electron chi connectivity index (χ1n) is 8.78. The molecule has 0 spiro atoms. The van der Waals surface area contributed by atoms with E-state index in [1.807, 2.05) is 79.7 Å². The highest BCUT2D eigenvalue weighted by Gasteiger charge is 2.18. The second-order valence-electron chi connectivity index (χ2n) is 6.03. The summed E-state index contributed by atoms with van der Waals surface area (Å²) in [7, 11) is 0. The summed E-state index contributed by atoms with van der Waals surface area (Å²) >= 11 is 0. The van der Waals surface area contributed by atoms with Gasteiger partial charge in [0.25, 0.3) is 0 Å². The highest BCUT2D eigenvalue weighted by molar-refractivity contribution is 6.33. The zero-order chi connectivity index (χ0) is 17.6. The van der Waals surface area contributed by atoms with E-state index in [1.54, 1.807) is 0 Å². The molecule has 0 heterocycles. The number of hydrogen-bond acceptors (Lipinski definition) is 2. The van der Waals surface area contributed by atoms with Crippen LogP contribution in [-0.2, 0) is 0 Å². The topological polar surface area (TPSA) is 29.1 Å². The van der Waals surface area contributed by atoms with Gasteiger partial charge in [-0.25, -0.2) is 0 Å². The van der Waals surface area contributed by atoms with Gasteiger partial charge >= 0.3 is 0 Å². The van der Waals surface area contributed by atoms with Crippen molar-refractivity contribution in [3.05, 3.63) is 83.9 Å². The molecule has 0 aliphatic rings. The maximum Gasteiger partial charge on any atom is 0.193 e. The fourth-order valence-electron chi connectivity index (χ4n) is 3.11. The van der Waals surface area contributed by atoms with Crippen LogP contribution in [0.4, 0.5) is 5.69 Å². The van der Waals surface area contributed by atoms with Gasteiger partial charge in [-0.15, -0.1) is 0 Å². The summed E-state index contributed by atoms with van der Waals surface area (Å²) in [4.78, 5) is 13.3. The smallest absolute Gasteiger partial charge is 0.193 e. The van der Waals surface area contributed by atoms with Crippen LogP contribution in [0.2, 0.25) is 0 Å². The van der Waals surface area contributed by atoms with Crippen molar-refractivity contribution < 1.29 is 4.79 Å². The highest BCUT2D eigenvalue weighted by atomic mass is 16.1. The van der Waals surface area contributed by atoms with E-state index in [9.17, 15) is 4.79 Å². The zero-order valence-electron chi connectivity index (χ0n) is 14.8. The molecule has 0 saturated heterocycles. The van der Waals surface area contributed by atoms with Crippen LogP contribution in [0.5, 0.6) is 0 Å². The Hall–Kier alpha value is -2.87. The average Bonchev–Trinajstić information content (AvgIpc) is 2.67. The van der Waals surface area contributed by atoms with Gasteiger partial charge in [0.15, 0.2) is 5.78 Å². The quantitative estimate of drug-likeness (QED) is 0.447. The Bertz CT molecular complexity index is 919. The van der Waals surface area contributed by atoms with Crippen LogP contribution in [0, 0.1) is 0 Å². The number of hydrogen-bond donors (Lipinski definition) is 1. The molecule has 3 aromatic rings. The zero-order valence-corrected chi connectivity index (χ0v) is 14.8. The number of para-hydroxylation sites is 1. The Labute approximate surface area is 149 Å². The third-order valence-corrected chi connectivity index (χ3v) is 4.35. The van der Waals surface area contributed by atoms with Gasteiger partial charge in [0, 0.05) is 28.9 Å². The molecule has 2 nitrogen and oxygen atoms in total. The maximum absolute atomic E-state index is 13.3. The third-order valence-electron chi connectivity index (χ3n) is 4.35. The molecule has 0 fully saturated rings. The minimum absolute atomic E-state index is 0.0602. The van der Waals surface area contributed by atoms with E-state index in [1.165, 1.54) is 0 Å². The second kappa shape index (κ2) is 7.80. The summed E-state index contributed by atoms with van der Waals surface area (Å²) in [5, 5.41) is 5.51. The van der Waals surface area contributed by atoms with Crippen molar-refractivity contribution in [2.45, 2.75) is 20.3 Å². The fourth-order valence-corrected chi connectivity index (χ4v) is 3.11. The van der Waals surface area contributed by atoms with Crippen molar-refractivity contribution in [1.82, 2.24) is 0 Å². The van der Waals surface area contributed by atoms with E-state index >= 15 is 0 Å². The largest absolute Gasteiger partial charge is 0.385 e. The number of carbonyl (C=O) groups excluding carboxylic acids is 1. The first kappa shape index (κ1) is 17.0. The standard InChI is InChI=1S/C23H23NO/c1-3-16-24-22-15-8-7-13-20(22)18(4-2)23(25)21-14-9-11-17-10-5-6-12-19(17)21/h4-15,24H,3,16H2,1-2H3/b18-4-. The van der Waals surface area contributed by atoms with Crippen molar-refractivity contribution in [2.24, 2.45) is 0 Å². The molecular weight excluding hydrogens is 306 g/mol. The maximum atomic E-state index is 13.3. The second-order valence-corrected chi connectivity index (χ2v) is 6.03. The number of allylic oxidation sites excluding steroid dienone is 2. The first-order chi connectivity index (χ1) is 12.3. The summed E-state index contributed by atoms with van der Waals surface area (Å²) in [5.74, 6) is 0.0602. The van der Waals surface area contributed by atoms with Crippen LogP contribution >= 0.6 is 0 Å². The average molecular weight is 329 g/mol. The summed E-state index contributed by atoms with van der Waals surface area (Å²) in [6.07, 6.45) is 2.95. The molecule has 3 aromatic carbocycles.